The van der Waals surface area contributed by atoms with Gasteiger partial charge in [0.2, 0.25) is 15.9 Å². The smallest absolute Gasteiger partial charge is 0.244 e. The van der Waals surface area contributed by atoms with Gasteiger partial charge in [0.25, 0.3) is 0 Å². The molecule has 1 fully saturated rings. The Morgan fingerprint density at radius 1 is 1.14 bits per heavy atom. The fourth-order valence-electron chi connectivity index (χ4n) is 4.03. The highest BCUT2D eigenvalue weighted by atomic mass is 32.2. The van der Waals surface area contributed by atoms with Crippen LogP contribution in [0.3, 0.4) is 0 Å². The maximum atomic E-state index is 13.0. The molecule has 1 aliphatic rings. The highest BCUT2D eigenvalue weighted by Gasteiger charge is 2.33. The molecule has 3 rings (SSSR count). The van der Waals surface area contributed by atoms with Gasteiger partial charge in [-0.2, -0.15) is 9.57 Å². The molecular weight excluding hydrogens is 466 g/mol. The molecule has 0 bridgehead atoms. The minimum atomic E-state index is -3.79. The average molecular weight is 500 g/mol. The number of piperidine rings is 1. The quantitative estimate of drug-likeness (QED) is 0.561. The summed E-state index contributed by atoms with van der Waals surface area (Å²) < 4.78 is 38.7. The molecule has 188 valence electrons. The molecule has 0 saturated carbocycles. The molecule has 1 saturated heterocycles. The summed E-state index contributed by atoms with van der Waals surface area (Å²) in [7, 11) is -2.20. The summed E-state index contributed by atoms with van der Waals surface area (Å²) in [5.74, 6) is 1.27. The van der Waals surface area contributed by atoms with Crippen LogP contribution >= 0.6 is 0 Å². The van der Waals surface area contributed by atoms with E-state index in [1.54, 1.807) is 19.2 Å². The third kappa shape index (κ3) is 6.32. The third-order valence-corrected chi connectivity index (χ3v) is 8.03. The van der Waals surface area contributed by atoms with Crippen molar-refractivity contribution >= 4 is 15.9 Å². The number of nitriles is 1. The summed E-state index contributed by atoms with van der Waals surface area (Å²) in [5.41, 5.74) is 1.01. The van der Waals surface area contributed by atoms with E-state index in [2.05, 4.69) is 19.2 Å². The van der Waals surface area contributed by atoms with E-state index in [-0.39, 0.29) is 41.4 Å². The zero-order valence-electron chi connectivity index (χ0n) is 20.7. The van der Waals surface area contributed by atoms with Crippen molar-refractivity contribution in [3.63, 3.8) is 0 Å². The second kappa shape index (κ2) is 11.6. The highest BCUT2D eigenvalue weighted by molar-refractivity contribution is 7.89. The van der Waals surface area contributed by atoms with Crippen LogP contribution in [-0.4, -0.2) is 45.4 Å². The standard InChI is InChI=1S/C26H33N3O5S/c1-18(2)17-34-23-10-9-21(15-24(23)33-4)19(3)28-26(30)20-11-13-29(14-12-20)35(31,32)25-8-6-5-7-22(25)16-27/h5-10,15,18-20H,11-14,17H2,1-4H3,(H,28,30). The number of hydrogen-bond acceptors (Lipinski definition) is 6. The molecule has 1 amide bonds. The molecule has 0 aliphatic carbocycles. The van der Waals surface area contributed by atoms with Crippen LogP contribution in [-0.2, 0) is 14.8 Å². The number of carbonyl (C=O) groups excluding carboxylic acids is 1. The van der Waals surface area contributed by atoms with Gasteiger partial charge in [-0.1, -0.05) is 32.0 Å². The molecule has 2 aromatic rings. The van der Waals surface area contributed by atoms with Gasteiger partial charge < -0.3 is 14.8 Å². The molecule has 0 radical (unpaired) electrons. The van der Waals surface area contributed by atoms with Crippen molar-refractivity contribution in [2.24, 2.45) is 11.8 Å². The Balaban J connectivity index is 1.60. The molecule has 1 aliphatic heterocycles. The minimum Gasteiger partial charge on any atom is -0.493 e. The first-order valence-electron chi connectivity index (χ1n) is 11.8. The SMILES string of the molecule is COc1cc(C(C)NC(=O)C2CCN(S(=O)(=O)c3ccccc3C#N)CC2)ccc1OCC(C)C. The number of ether oxygens (including phenoxy) is 2. The first kappa shape index (κ1) is 26.5. The molecule has 35 heavy (non-hydrogen) atoms. The van der Waals surface area contributed by atoms with Crippen LogP contribution in [0.15, 0.2) is 47.4 Å². The zero-order chi connectivity index (χ0) is 25.6. The van der Waals surface area contributed by atoms with E-state index in [1.807, 2.05) is 31.2 Å². The van der Waals surface area contributed by atoms with E-state index in [4.69, 9.17) is 9.47 Å². The molecule has 1 unspecified atom stereocenters. The number of amides is 1. The van der Waals surface area contributed by atoms with Crippen LogP contribution in [0.1, 0.15) is 50.8 Å². The number of nitrogens with one attached hydrogen (secondary N) is 1. The van der Waals surface area contributed by atoms with Crippen molar-refractivity contribution in [3.05, 3.63) is 53.6 Å². The number of carbonyl (C=O) groups is 1. The lowest BCUT2D eigenvalue weighted by molar-refractivity contribution is -0.126. The van der Waals surface area contributed by atoms with Gasteiger partial charge >= 0.3 is 0 Å². The van der Waals surface area contributed by atoms with Gasteiger partial charge in [0, 0.05) is 19.0 Å². The third-order valence-electron chi connectivity index (χ3n) is 6.07. The molecule has 0 spiro atoms. The molecule has 8 nitrogen and oxygen atoms in total. The molecule has 0 aromatic heterocycles. The predicted octanol–water partition coefficient (Wildman–Crippen LogP) is 3.88. The number of nitrogens with zero attached hydrogens (tertiary/aromatic N) is 2. The van der Waals surface area contributed by atoms with Crippen molar-refractivity contribution < 1.29 is 22.7 Å². The van der Waals surface area contributed by atoms with Crippen LogP contribution < -0.4 is 14.8 Å². The highest BCUT2D eigenvalue weighted by Crippen LogP contribution is 2.31. The number of benzene rings is 2. The molecular formula is C26H33N3O5S. The fraction of sp³-hybridized carbons (Fsp3) is 0.462. The lowest BCUT2D eigenvalue weighted by atomic mass is 9.96. The maximum absolute atomic E-state index is 13.0. The number of rotatable bonds is 9. The molecule has 1 atom stereocenters. The largest absolute Gasteiger partial charge is 0.493 e. The Kier molecular flexibility index (Phi) is 8.76. The van der Waals surface area contributed by atoms with E-state index in [0.29, 0.717) is 36.9 Å². The van der Waals surface area contributed by atoms with Gasteiger partial charge in [0.15, 0.2) is 11.5 Å². The van der Waals surface area contributed by atoms with E-state index in [0.717, 1.165) is 5.56 Å². The monoisotopic (exact) mass is 499 g/mol. The number of sulfonamides is 1. The van der Waals surface area contributed by atoms with E-state index < -0.39 is 10.0 Å². The van der Waals surface area contributed by atoms with Crippen molar-refractivity contribution in [2.45, 2.75) is 44.6 Å². The second-order valence-corrected chi connectivity index (χ2v) is 11.0. The van der Waals surface area contributed by atoms with Crippen LogP contribution in [0, 0.1) is 23.2 Å². The lowest BCUT2D eigenvalue weighted by Crippen LogP contribution is -2.43. The van der Waals surface area contributed by atoms with Crippen LogP contribution in [0.4, 0.5) is 0 Å². The second-order valence-electron chi connectivity index (χ2n) is 9.13. The van der Waals surface area contributed by atoms with Gasteiger partial charge in [0.05, 0.1) is 30.2 Å². The predicted molar refractivity (Wildman–Crippen MR) is 133 cm³/mol. The first-order chi connectivity index (χ1) is 16.7. The van der Waals surface area contributed by atoms with E-state index in [1.165, 1.54) is 16.4 Å². The zero-order valence-corrected chi connectivity index (χ0v) is 21.5. The van der Waals surface area contributed by atoms with Crippen LogP contribution in [0.2, 0.25) is 0 Å². The van der Waals surface area contributed by atoms with Gasteiger partial charge in [-0.05, 0) is 55.5 Å². The molecule has 1 heterocycles. The van der Waals surface area contributed by atoms with Gasteiger partial charge in [-0.3, -0.25) is 4.79 Å². The number of methoxy groups -OCH3 is 1. The average Bonchev–Trinajstić information content (AvgIpc) is 2.87. The molecule has 1 N–H and O–H groups in total. The minimum absolute atomic E-state index is 0.00814. The van der Waals surface area contributed by atoms with E-state index >= 15 is 0 Å². The number of hydrogen-bond donors (Lipinski definition) is 1. The topological polar surface area (TPSA) is 109 Å². The van der Waals surface area contributed by atoms with Crippen LogP contribution in [0.25, 0.3) is 0 Å². The van der Waals surface area contributed by atoms with E-state index in [9.17, 15) is 18.5 Å². The Bertz CT molecular complexity index is 1180. The summed E-state index contributed by atoms with van der Waals surface area (Å²) in [5, 5.41) is 12.3. The lowest BCUT2D eigenvalue weighted by Gasteiger charge is -2.31. The summed E-state index contributed by atoms with van der Waals surface area (Å²) in [6.45, 7) is 7.08. The molecule has 9 heteroatoms. The normalized spacial score (nSPS) is 15.9. The maximum Gasteiger partial charge on any atom is 0.244 e. The summed E-state index contributed by atoms with van der Waals surface area (Å²) in [6, 6.07) is 13.5. The summed E-state index contributed by atoms with van der Waals surface area (Å²) >= 11 is 0. The Labute approximate surface area is 207 Å². The Morgan fingerprint density at radius 3 is 2.46 bits per heavy atom. The van der Waals surface area contributed by atoms with Gasteiger partial charge in [0.1, 0.15) is 6.07 Å². The Hall–Kier alpha value is -3.09. The van der Waals surface area contributed by atoms with Crippen molar-refractivity contribution in [3.8, 4) is 17.6 Å². The molecule has 2 aromatic carbocycles. The van der Waals surface area contributed by atoms with Crippen LogP contribution in [0.5, 0.6) is 11.5 Å². The van der Waals surface area contributed by atoms with Crippen molar-refractivity contribution in [1.29, 1.82) is 5.26 Å². The van der Waals surface area contributed by atoms with Crippen molar-refractivity contribution in [1.82, 2.24) is 9.62 Å². The van der Waals surface area contributed by atoms with Gasteiger partial charge in [-0.25, -0.2) is 8.42 Å². The van der Waals surface area contributed by atoms with Gasteiger partial charge in [-0.15, -0.1) is 0 Å². The first-order valence-corrected chi connectivity index (χ1v) is 13.2. The van der Waals surface area contributed by atoms with Crippen molar-refractivity contribution in [2.75, 3.05) is 26.8 Å². The Morgan fingerprint density at radius 2 is 1.83 bits per heavy atom. The summed E-state index contributed by atoms with van der Waals surface area (Å²) in [4.78, 5) is 12.9. The fourth-order valence-corrected chi connectivity index (χ4v) is 5.64. The summed E-state index contributed by atoms with van der Waals surface area (Å²) in [6.07, 6.45) is 0.829.